The second kappa shape index (κ2) is 7.45. The molecule has 4 N–H and O–H groups in total. The zero-order valence-corrected chi connectivity index (χ0v) is 16.4. The largest absolute Gasteiger partial charge is 0.398 e. The molecule has 0 spiro atoms. The van der Waals surface area contributed by atoms with Gasteiger partial charge in [-0.25, -0.2) is 8.42 Å². The van der Waals surface area contributed by atoms with Crippen LogP contribution >= 0.6 is 0 Å². The third-order valence-electron chi connectivity index (χ3n) is 4.84. The molecule has 4 aromatic carbocycles. The van der Waals surface area contributed by atoms with E-state index in [1.165, 1.54) is 12.1 Å². The van der Waals surface area contributed by atoms with E-state index in [0.29, 0.717) is 11.4 Å². The number of sulfone groups is 1. The second-order valence-electron chi connectivity index (χ2n) is 6.73. The Labute approximate surface area is 170 Å². The highest BCUT2D eigenvalue weighted by Gasteiger charge is 2.20. The first-order valence-electron chi connectivity index (χ1n) is 9.12. The highest BCUT2D eigenvalue weighted by atomic mass is 32.2. The van der Waals surface area contributed by atoms with Gasteiger partial charge in [0, 0.05) is 22.5 Å². The lowest BCUT2D eigenvalue weighted by Crippen LogP contribution is -2.05. The van der Waals surface area contributed by atoms with Crippen molar-refractivity contribution in [2.45, 2.75) is 9.79 Å². The highest BCUT2D eigenvalue weighted by Crippen LogP contribution is 2.33. The molecule has 29 heavy (non-hydrogen) atoms. The molecule has 0 aliphatic carbocycles. The minimum absolute atomic E-state index is 0.140. The summed E-state index contributed by atoms with van der Waals surface area (Å²) in [5.74, 6) is 0. The van der Waals surface area contributed by atoms with Crippen molar-refractivity contribution in [3.63, 3.8) is 0 Å². The Kier molecular flexibility index (Phi) is 4.82. The number of anilines is 2. The molecule has 0 aliphatic rings. The quantitative estimate of drug-likeness (QED) is 0.471. The van der Waals surface area contributed by atoms with E-state index in [2.05, 4.69) is 0 Å². The molecular weight excluding hydrogens is 380 g/mol. The van der Waals surface area contributed by atoms with Crippen LogP contribution in [0.3, 0.4) is 0 Å². The molecule has 0 unspecified atom stereocenters. The van der Waals surface area contributed by atoms with Crippen LogP contribution in [0.25, 0.3) is 22.3 Å². The molecule has 4 nitrogen and oxygen atoms in total. The van der Waals surface area contributed by atoms with Crippen LogP contribution in [0.2, 0.25) is 0 Å². The molecular formula is C24H20N2O2S. The van der Waals surface area contributed by atoms with Crippen molar-refractivity contribution in [1.29, 1.82) is 0 Å². The molecule has 0 saturated heterocycles. The van der Waals surface area contributed by atoms with Crippen molar-refractivity contribution >= 4 is 21.2 Å². The molecule has 4 rings (SSSR count). The Morgan fingerprint density at radius 2 is 0.897 bits per heavy atom. The number of hydrogen-bond acceptors (Lipinski definition) is 4. The monoisotopic (exact) mass is 400 g/mol. The number of benzene rings is 4. The van der Waals surface area contributed by atoms with Crippen LogP contribution in [0.15, 0.2) is 107 Å². The van der Waals surface area contributed by atoms with Crippen LogP contribution in [0, 0.1) is 0 Å². The van der Waals surface area contributed by atoms with Gasteiger partial charge in [0.15, 0.2) is 0 Å². The number of hydrogen-bond donors (Lipinski definition) is 2. The Bertz CT molecular complexity index is 1170. The molecule has 0 heterocycles. The molecule has 0 atom stereocenters. The Balaban J connectivity index is 1.72. The van der Waals surface area contributed by atoms with Crippen LogP contribution < -0.4 is 11.5 Å². The fourth-order valence-corrected chi connectivity index (χ4v) is 4.64. The van der Waals surface area contributed by atoms with Crippen LogP contribution in [0.5, 0.6) is 0 Å². The van der Waals surface area contributed by atoms with Gasteiger partial charge in [0.2, 0.25) is 9.84 Å². The van der Waals surface area contributed by atoms with E-state index in [-0.39, 0.29) is 9.79 Å². The SMILES string of the molecule is Nc1cc(S(=O)(=O)c2ccc(-c3ccccc3)c(N)c2)ccc1-c1ccccc1. The summed E-state index contributed by atoms with van der Waals surface area (Å²) < 4.78 is 26.2. The lowest BCUT2D eigenvalue weighted by atomic mass is 10.0. The maximum Gasteiger partial charge on any atom is 0.206 e. The molecule has 0 aromatic heterocycles. The first-order chi connectivity index (χ1) is 14.0. The minimum Gasteiger partial charge on any atom is -0.398 e. The van der Waals surface area contributed by atoms with Gasteiger partial charge in [-0.15, -0.1) is 0 Å². The van der Waals surface area contributed by atoms with Crippen LogP contribution in [0.4, 0.5) is 11.4 Å². The fourth-order valence-electron chi connectivity index (χ4n) is 3.31. The lowest BCUT2D eigenvalue weighted by Gasteiger charge is -2.12. The zero-order valence-electron chi connectivity index (χ0n) is 15.6. The number of nitrogens with two attached hydrogens (primary N) is 2. The smallest absolute Gasteiger partial charge is 0.206 e. The summed E-state index contributed by atoms with van der Waals surface area (Å²) in [7, 11) is -3.74. The predicted molar refractivity (Wildman–Crippen MR) is 118 cm³/mol. The van der Waals surface area contributed by atoms with E-state index >= 15 is 0 Å². The normalized spacial score (nSPS) is 11.3. The van der Waals surface area contributed by atoms with E-state index in [0.717, 1.165) is 22.3 Å². The van der Waals surface area contributed by atoms with Crippen molar-refractivity contribution in [2.75, 3.05) is 11.5 Å². The van der Waals surface area contributed by atoms with Crippen molar-refractivity contribution in [3.8, 4) is 22.3 Å². The van der Waals surface area contributed by atoms with E-state index in [1.807, 2.05) is 60.7 Å². The summed E-state index contributed by atoms with van der Waals surface area (Å²) in [6.45, 7) is 0. The first-order valence-corrected chi connectivity index (χ1v) is 10.6. The summed E-state index contributed by atoms with van der Waals surface area (Å²) in [4.78, 5) is 0.281. The standard InChI is InChI=1S/C24H20N2O2S/c25-23-15-19(11-13-21(23)17-7-3-1-4-8-17)29(27,28)20-12-14-22(24(26)16-20)18-9-5-2-6-10-18/h1-16H,25-26H2. The van der Waals surface area contributed by atoms with Crippen LogP contribution in [0.1, 0.15) is 0 Å². The molecule has 4 aromatic rings. The minimum atomic E-state index is -3.74. The van der Waals surface area contributed by atoms with Crippen LogP contribution in [-0.2, 0) is 9.84 Å². The van der Waals surface area contributed by atoms with Gasteiger partial charge in [0.25, 0.3) is 0 Å². The third-order valence-corrected chi connectivity index (χ3v) is 6.59. The average Bonchev–Trinajstić information content (AvgIpc) is 2.75. The average molecular weight is 401 g/mol. The molecule has 144 valence electrons. The zero-order chi connectivity index (χ0) is 20.4. The van der Waals surface area contributed by atoms with E-state index in [4.69, 9.17) is 11.5 Å². The highest BCUT2D eigenvalue weighted by molar-refractivity contribution is 7.91. The van der Waals surface area contributed by atoms with Gasteiger partial charge in [0.05, 0.1) is 9.79 Å². The first kappa shape index (κ1) is 18.8. The number of nitrogen functional groups attached to an aromatic ring is 2. The molecule has 0 bridgehead atoms. The summed E-state index contributed by atoms with van der Waals surface area (Å²) in [5.41, 5.74) is 16.6. The second-order valence-corrected chi connectivity index (χ2v) is 8.68. The van der Waals surface area contributed by atoms with Gasteiger partial charge < -0.3 is 11.5 Å². The molecule has 0 fully saturated rings. The van der Waals surface area contributed by atoms with Gasteiger partial charge in [0.1, 0.15) is 0 Å². The molecule has 0 aliphatic heterocycles. The van der Waals surface area contributed by atoms with Crippen molar-refractivity contribution in [3.05, 3.63) is 97.1 Å². The predicted octanol–water partition coefficient (Wildman–Crippen LogP) is 5.02. The topological polar surface area (TPSA) is 86.2 Å². The summed E-state index contributed by atoms with van der Waals surface area (Å²) in [6.07, 6.45) is 0. The van der Waals surface area contributed by atoms with Gasteiger partial charge in [-0.05, 0) is 35.4 Å². The number of rotatable bonds is 4. The maximum absolute atomic E-state index is 13.1. The maximum atomic E-state index is 13.1. The summed E-state index contributed by atoms with van der Waals surface area (Å²) in [6, 6.07) is 28.8. The van der Waals surface area contributed by atoms with Crippen LogP contribution in [-0.4, -0.2) is 8.42 Å². The summed E-state index contributed by atoms with van der Waals surface area (Å²) >= 11 is 0. The van der Waals surface area contributed by atoms with Crippen molar-refractivity contribution < 1.29 is 8.42 Å². The molecule has 5 heteroatoms. The fraction of sp³-hybridized carbons (Fsp3) is 0. The van der Waals surface area contributed by atoms with E-state index < -0.39 is 9.84 Å². The van der Waals surface area contributed by atoms with Crippen molar-refractivity contribution in [1.82, 2.24) is 0 Å². The van der Waals surface area contributed by atoms with Crippen molar-refractivity contribution in [2.24, 2.45) is 0 Å². The Morgan fingerprint density at radius 3 is 1.24 bits per heavy atom. The van der Waals surface area contributed by atoms with Gasteiger partial charge in [-0.1, -0.05) is 72.8 Å². The van der Waals surface area contributed by atoms with E-state index in [1.54, 1.807) is 24.3 Å². The third kappa shape index (κ3) is 3.60. The Morgan fingerprint density at radius 1 is 0.517 bits per heavy atom. The van der Waals surface area contributed by atoms with Gasteiger partial charge in [-0.2, -0.15) is 0 Å². The molecule has 0 saturated carbocycles. The van der Waals surface area contributed by atoms with Gasteiger partial charge >= 0.3 is 0 Å². The molecule has 0 radical (unpaired) electrons. The molecule has 0 amide bonds. The summed E-state index contributed by atoms with van der Waals surface area (Å²) in [5, 5.41) is 0. The van der Waals surface area contributed by atoms with Gasteiger partial charge in [-0.3, -0.25) is 0 Å². The Hall–Kier alpha value is -3.57. The van der Waals surface area contributed by atoms with E-state index in [9.17, 15) is 8.42 Å². The lowest BCUT2D eigenvalue weighted by molar-refractivity contribution is 0.596.